The van der Waals surface area contributed by atoms with Crippen LogP contribution in [0.3, 0.4) is 0 Å². The third kappa shape index (κ3) is 1.51. The largest absolute Gasteiger partial charge is 0.467 e. The Morgan fingerprint density at radius 1 is 1.62 bits per heavy atom. The maximum Gasteiger partial charge on any atom is 0.123 e. The first-order chi connectivity index (χ1) is 6.37. The number of nitrogens with one attached hydrogen (secondary N) is 1. The Labute approximate surface area is 79.3 Å². The Balaban J connectivity index is 2.22. The summed E-state index contributed by atoms with van der Waals surface area (Å²) in [4.78, 5) is 0. The van der Waals surface area contributed by atoms with E-state index < -0.39 is 0 Å². The lowest BCUT2D eigenvalue weighted by molar-refractivity contribution is 0.284. The van der Waals surface area contributed by atoms with Gasteiger partial charge in [0.25, 0.3) is 0 Å². The van der Waals surface area contributed by atoms with Gasteiger partial charge in [-0.05, 0) is 37.9 Å². The SMILES string of the molecule is CCCC1(c2ccco2)CCCN1. The van der Waals surface area contributed by atoms with Crippen molar-refractivity contribution < 1.29 is 4.42 Å². The lowest BCUT2D eigenvalue weighted by Gasteiger charge is -2.26. The third-order valence-electron chi connectivity index (χ3n) is 2.91. The van der Waals surface area contributed by atoms with Gasteiger partial charge in [-0.3, -0.25) is 0 Å². The highest BCUT2D eigenvalue weighted by molar-refractivity contribution is 5.14. The molecule has 1 aliphatic rings. The van der Waals surface area contributed by atoms with E-state index in [2.05, 4.69) is 18.3 Å². The molecule has 2 heterocycles. The minimum Gasteiger partial charge on any atom is -0.467 e. The molecule has 2 rings (SSSR count). The Bertz CT molecular complexity index is 247. The fraction of sp³-hybridized carbons (Fsp3) is 0.636. The van der Waals surface area contributed by atoms with Crippen LogP contribution in [-0.2, 0) is 5.54 Å². The zero-order valence-corrected chi connectivity index (χ0v) is 8.18. The molecule has 0 aliphatic carbocycles. The molecule has 1 N–H and O–H groups in total. The predicted molar refractivity (Wildman–Crippen MR) is 52.5 cm³/mol. The molecule has 1 unspecified atom stereocenters. The van der Waals surface area contributed by atoms with Crippen LogP contribution in [0.2, 0.25) is 0 Å². The van der Waals surface area contributed by atoms with E-state index in [4.69, 9.17) is 4.42 Å². The van der Waals surface area contributed by atoms with E-state index in [9.17, 15) is 0 Å². The molecule has 1 saturated heterocycles. The fourth-order valence-electron chi connectivity index (χ4n) is 2.33. The van der Waals surface area contributed by atoms with Gasteiger partial charge < -0.3 is 9.73 Å². The normalized spacial score (nSPS) is 28.1. The molecule has 1 atom stereocenters. The van der Waals surface area contributed by atoms with Crippen LogP contribution in [0.5, 0.6) is 0 Å². The van der Waals surface area contributed by atoms with E-state index >= 15 is 0 Å². The van der Waals surface area contributed by atoms with E-state index in [0.717, 1.165) is 12.3 Å². The molecule has 1 aromatic heterocycles. The average molecular weight is 179 g/mol. The minimum atomic E-state index is 0.151. The maximum absolute atomic E-state index is 5.51. The molecule has 0 amide bonds. The van der Waals surface area contributed by atoms with E-state index in [1.165, 1.54) is 25.7 Å². The molecule has 1 aliphatic heterocycles. The van der Waals surface area contributed by atoms with Crippen molar-refractivity contribution in [2.75, 3.05) is 6.54 Å². The molecule has 1 fully saturated rings. The quantitative estimate of drug-likeness (QED) is 0.771. The smallest absolute Gasteiger partial charge is 0.123 e. The zero-order chi connectivity index (χ0) is 9.15. The number of rotatable bonds is 3. The van der Waals surface area contributed by atoms with Gasteiger partial charge in [-0.1, -0.05) is 13.3 Å². The van der Waals surface area contributed by atoms with Crippen molar-refractivity contribution in [3.05, 3.63) is 24.2 Å². The molecule has 72 valence electrons. The van der Waals surface area contributed by atoms with Crippen molar-refractivity contribution in [3.63, 3.8) is 0 Å². The first kappa shape index (κ1) is 8.82. The van der Waals surface area contributed by atoms with Crippen molar-refractivity contribution in [1.29, 1.82) is 0 Å². The highest BCUT2D eigenvalue weighted by Gasteiger charge is 2.36. The summed E-state index contributed by atoms with van der Waals surface area (Å²) < 4.78 is 5.51. The molecule has 13 heavy (non-hydrogen) atoms. The summed E-state index contributed by atoms with van der Waals surface area (Å²) in [6.07, 6.45) is 6.63. The maximum atomic E-state index is 5.51. The van der Waals surface area contributed by atoms with Crippen LogP contribution in [0.25, 0.3) is 0 Å². The van der Waals surface area contributed by atoms with Crippen molar-refractivity contribution in [1.82, 2.24) is 5.32 Å². The monoisotopic (exact) mass is 179 g/mol. The van der Waals surface area contributed by atoms with Gasteiger partial charge in [0, 0.05) is 0 Å². The topological polar surface area (TPSA) is 25.2 Å². The molecular formula is C11H17NO. The zero-order valence-electron chi connectivity index (χ0n) is 8.18. The molecule has 0 saturated carbocycles. The van der Waals surface area contributed by atoms with Crippen LogP contribution in [-0.4, -0.2) is 6.54 Å². The highest BCUT2D eigenvalue weighted by Crippen LogP contribution is 2.35. The van der Waals surface area contributed by atoms with Gasteiger partial charge in [-0.15, -0.1) is 0 Å². The first-order valence-corrected chi connectivity index (χ1v) is 5.16. The van der Waals surface area contributed by atoms with Crippen molar-refractivity contribution in [2.24, 2.45) is 0 Å². The molecule has 0 bridgehead atoms. The summed E-state index contributed by atoms with van der Waals surface area (Å²) in [7, 11) is 0. The molecule has 0 aromatic carbocycles. The lowest BCUT2D eigenvalue weighted by atomic mass is 9.89. The summed E-state index contributed by atoms with van der Waals surface area (Å²) in [5.41, 5.74) is 0.151. The lowest BCUT2D eigenvalue weighted by Crippen LogP contribution is -2.36. The van der Waals surface area contributed by atoms with E-state index in [0.29, 0.717) is 0 Å². The Morgan fingerprint density at radius 2 is 2.54 bits per heavy atom. The predicted octanol–water partition coefficient (Wildman–Crippen LogP) is 2.66. The molecule has 2 nitrogen and oxygen atoms in total. The summed E-state index contributed by atoms with van der Waals surface area (Å²) in [6, 6.07) is 4.07. The molecule has 0 spiro atoms. The van der Waals surface area contributed by atoms with Crippen molar-refractivity contribution in [3.8, 4) is 0 Å². The van der Waals surface area contributed by atoms with E-state index in [1.54, 1.807) is 6.26 Å². The Kier molecular flexibility index (Phi) is 2.40. The number of furan rings is 1. The van der Waals surface area contributed by atoms with Gasteiger partial charge in [0.05, 0.1) is 11.8 Å². The van der Waals surface area contributed by atoms with Crippen LogP contribution < -0.4 is 5.32 Å². The number of hydrogen-bond acceptors (Lipinski definition) is 2. The van der Waals surface area contributed by atoms with Crippen LogP contribution in [0.1, 0.15) is 38.4 Å². The second kappa shape index (κ2) is 3.54. The Morgan fingerprint density at radius 3 is 3.08 bits per heavy atom. The van der Waals surface area contributed by atoms with Gasteiger partial charge in [-0.25, -0.2) is 0 Å². The van der Waals surface area contributed by atoms with Gasteiger partial charge in [0.2, 0.25) is 0 Å². The summed E-state index contributed by atoms with van der Waals surface area (Å²) in [6.45, 7) is 3.35. The van der Waals surface area contributed by atoms with Crippen LogP contribution in [0.15, 0.2) is 22.8 Å². The first-order valence-electron chi connectivity index (χ1n) is 5.16. The average Bonchev–Trinajstić information content (AvgIpc) is 2.73. The third-order valence-corrected chi connectivity index (χ3v) is 2.91. The van der Waals surface area contributed by atoms with E-state index in [1.807, 2.05) is 6.07 Å². The van der Waals surface area contributed by atoms with Gasteiger partial charge in [0.1, 0.15) is 5.76 Å². The van der Waals surface area contributed by atoms with Gasteiger partial charge >= 0.3 is 0 Å². The van der Waals surface area contributed by atoms with Gasteiger partial charge in [0.15, 0.2) is 0 Å². The molecular weight excluding hydrogens is 162 g/mol. The highest BCUT2D eigenvalue weighted by atomic mass is 16.3. The minimum absolute atomic E-state index is 0.151. The van der Waals surface area contributed by atoms with Crippen LogP contribution in [0.4, 0.5) is 0 Å². The van der Waals surface area contributed by atoms with Crippen molar-refractivity contribution in [2.45, 2.75) is 38.1 Å². The van der Waals surface area contributed by atoms with Crippen molar-refractivity contribution >= 4 is 0 Å². The standard InChI is InChI=1S/C11H17NO/c1-2-6-11(7-4-8-12-11)10-5-3-9-13-10/h3,5,9,12H,2,4,6-8H2,1H3. The second-order valence-corrected chi connectivity index (χ2v) is 3.84. The summed E-state index contributed by atoms with van der Waals surface area (Å²) in [5, 5.41) is 3.58. The second-order valence-electron chi connectivity index (χ2n) is 3.84. The summed E-state index contributed by atoms with van der Waals surface area (Å²) in [5.74, 6) is 1.12. The van der Waals surface area contributed by atoms with Crippen LogP contribution in [0, 0.1) is 0 Å². The molecule has 2 heteroatoms. The fourth-order valence-corrected chi connectivity index (χ4v) is 2.33. The molecule has 1 aromatic rings. The number of hydrogen-bond donors (Lipinski definition) is 1. The van der Waals surface area contributed by atoms with Crippen LogP contribution >= 0.6 is 0 Å². The van der Waals surface area contributed by atoms with Gasteiger partial charge in [-0.2, -0.15) is 0 Å². The van der Waals surface area contributed by atoms with E-state index in [-0.39, 0.29) is 5.54 Å². The Hall–Kier alpha value is -0.760. The molecule has 0 radical (unpaired) electrons. The summed E-state index contributed by atoms with van der Waals surface area (Å²) >= 11 is 0.